The first-order valence-corrected chi connectivity index (χ1v) is 9.45. The fourth-order valence-electron chi connectivity index (χ4n) is 3.07. The standard InChI is InChI=1S/C19H28N6O.HI/c1-3-10-20-19(21-11-12-25-14-22-24-18(25)4-2)23-16-9-13-26-17-8-6-5-7-15(16)17;/h5-8,14,16H,3-4,9-13H2,1-2H3,(H2,20,21,23);1H. The summed E-state index contributed by atoms with van der Waals surface area (Å²) in [5.41, 5.74) is 1.19. The summed E-state index contributed by atoms with van der Waals surface area (Å²) in [6.07, 6.45) is 4.61. The van der Waals surface area contributed by atoms with Crippen LogP contribution < -0.4 is 15.4 Å². The van der Waals surface area contributed by atoms with E-state index in [1.807, 2.05) is 12.1 Å². The third-order valence-corrected chi connectivity index (χ3v) is 4.42. The first-order valence-electron chi connectivity index (χ1n) is 9.45. The first-order chi connectivity index (χ1) is 12.8. The topological polar surface area (TPSA) is 76.4 Å². The van der Waals surface area contributed by atoms with Gasteiger partial charge in [-0.25, -0.2) is 0 Å². The maximum atomic E-state index is 5.75. The van der Waals surface area contributed by atoms with Gasteiger partial charge < -0.3 is 19.9 Å². The molecule has 1 atom stereocenters. The third kappa shape index (κ3) is 5.82. The van der Waals surface area contributed by atoms with Crippen molar-refractivity contribution in [2.75, 3.05) is 19.7 Å². The lowest BCUT2D eigenvalue weighted by Crippen LogP contribution is -2.42. The zero-order valence-corrected chi connectivity index (χ0v) is 18.3. The predicted molar refractivity (Wildman–Crippen MR) is 118 cm³/mol. The van der Waals surface area contributed by atoms with E-state index < -0.39 is 0 Å². The molecule has 1 aliphatic rings. The van der Waals surface area contributed by atoms with E-state index in [4.69, 9.17) is 4.74 Å². The van der Waals surface area contributed by atoms with Gasteiger partial charge in [0.1, 0.15) is 17.9 Å². The van der Waals surface area contributed by atoms with Crippen LogP contribution in [0.1, 0.15) is 44.1 Å². The second-order valence-corrected chi connectivity index (χ2v) is 6.32. The molecule has 3 rings (SSSR count). The molecule has 1 aromatic carbocycles. The zero-order valence-electron chi connectivity index (χ0n) is 16.0. The second kappa shape index (κ2) is 11.1. The van der Waals surface area contributed by atoms with E-state index in [9.17, 15) is 0 Å². The number of fused-ring (bicyclic) bond motifs is 1. The molecule has 27 heavy (non-hydrogen) atoms. The Bertz CT molecular complexity index is 732. The number of nitrogens with one attached hydrogen (secondary N) is 2. The number of ether oxygens (including phenoxy) is 1. The molecule has 148 valence electrons. The monoisotopic (exact) mass is 484 g/mol. The van der Waals surface area contributed by atoms with Gasteiger partial charge in [0, 0.05) is 38.0 Å². The summed E-state index contributed by atoms with van der Waals surface area (Å²) in [6, 6.07) is 8.42. The van der Waals surface area contributed by atoms with Gasteiger partial charge >= 0.3 is 0 Å². The van der Waals surface area contributed by atoms with Crippen LogP contribution in [0, 0.1) is 0 Å². The highest BCUT2D eigenvalue weighted by atomic mass is 127. The van der Waals surface area contributed by atoms with E-state index in [0.29, 0.717) is 0 Å². The molecule has 0 amide bonds. The Kier molecular flexibility index (Phi) is 8.83. The van der Waals surface area contributed by atoms with E-state index in [2.05, 4.69) is 56.4 Å². The quantitative estimate of drug-likeness (QED) is 0.359. The Morgan fingerprint density at radius 1 is 1.33 bits per heavy atom. The van der Waals surface area contributed by atoms with Crippen molar-refractivity contribution in [2.24, 2.45) is 4.99 Å². The van der Waals surface area contributed by atoms with Crippen LogP contribution in [0.15, 0.2) is 35.6 Å². The summed E-state index contributed by atoms with van der Waals surface area (Å²) in [5.74, 6) is 2.81. The first kappa shape index (κ1) is 21.5. The molecule has 7 nitrogen and oxygen atoms in total. The van der Waals surface area contributed by atoms with Crippen LogP contribution in [-0.2, 0) is 13.0 Å². The number of hydrogen-bond donors (Lipinski definition) is 2. The summed E-state index contributed by atoms with van der Waals surface area (Å²) in [5, 5.41) is 15.1. The van der Waals surface area contributed by atoms with E-state index in [1.54, 1.807) is 6.33 Å². The molecule has 1 aliphatic heterocycles. The number of nitrogens with zero attached hydrogens (tertiary/aromatic N) is 4. The molecule has 2 N–H and O–H groups in total. The molecule has 8 heteroatoms. The molecular formula is C19H29IN6O. The number of aromatic nitrogens is 3. The molecule has 0 spiro atoms. The van der Waals surface area contributed by atoms with Gasteiger partial charge in [-0.1, -0.05) is 32.0 Å². The molecule has 1 aromatic heterocycles. The van der Waals surface area contributed by atoms with E-state index >= 15 is 0 Å². The fraction of sp³-hybridized carbons (Fsp3) is 0.526. The van der Waals surface area contributed by atoms with Gasteiger partial charge in [-0.3, -0.25) is 4.99 Å². The highest BCUT2D eigenvalue weighted by molar-refractivity contribution is 14.0. The van der Waals surface area contributed by atoms with Crippen molar-refractivity contribution in [2.45, 2.75) is 45.7 Å². The molecule has 0 aliphatic carbocycles. The molecule has 1 unspecified atom stereocenters. The lowest BCUT2D eigenvalue weighted by molar-refractivity contribution is 0.261. The van der Waals surface area contributed by atoms with Crippen molar-refractivity contribution in [3.63, 3.8) is 0 Å². The second-order valence-electron chi connectivity index (χ2n) is 6.32. The number of para-hydroxylation sites is 1. The molecule has 2 aromatic rings. The minimum Gasteiger partial charge on any atom is -0.493 e. The smallest absolute Gasteiger partial charge is 0.191 e. The zero-order chi connectivity index (χ0) is 18.2. The molecule has 0 saturated heterocycles. The van der Waals surface area contributed by atoms with Gasteiger partial charge in [0.25, 0.3) is 0 Å². The Morgan fingerprint density at radius 2 is 2.19 bits per heavy atom. The van der Waals surface area contributed by atoms with Crippen LogP contribution in [0.3, 0.4) is 0 Å². The third-order valence-electron chi connectivity index (χ3n) is 4.42. The van der Waals surface area contributed by atoms with Crippen LogP contribution in [0.2, 0.25) is 0 Å². The summed E-state index contributed by atoms with van der Waals surface area (Å²) >= 11 is 0. The van der Waals surface area contributed by atoms with Crippen molar-refractivity contribution in [1.82, 2.24) is 25.4 Å². The molecular weight excluding hydrogens is 455 g/mol. The molecule has 0 bridgehead atoms. The van der Waals surface area contributed by atoms with Crippen molar-refractivity contribution in [1.29, 1.82) is 0 Å². The van der Waals surface area contributed by atoms with Crippen LogP contribution in [0.5, 0.6) is 5.75 Å². The van der Waals surface area contributed by atoms with E-state index in [-0.39, 0.29) is 30.0 Å². The van der Waals surface area contributed by atoms with Crippen molar-refractivity contribution in [3.05, 3.63) is 42.0 Å². The van der Waals surface area contributed by atoms with E-state index in [0.717, 1.165) is 63.0 Å². The largest absolute Gasteiger partial charge is 0.493 e. The lowest BCUT2D eigenvalue weighted by atomic mass is 10.0. The highest BCUT2D eigenvalue weighted by Crippen LogP contribution is 2.31. The lowest BCUT2D eigenvalue weighted by Gasteiger charge is -2.28. The van der Waals surface area contributed by atoms with Crippen molar-refractivity contribution in [3.8, 4) is 5.75 Å². The molecule has 0 saturated carbocycles. The highest BCUT2D eigenvalue weighted by Gasteiger charge is 2.21. The van der Waals surface area contributed by atoms with Gasteiger partial charge in [-0.15, -0.1) is 34.2 Å². The van der Waals surface area contributed by atoms with Gasteiger partial charge in [-0.2, -0.15) is 0 Å². The van der Waals surface area contributed by atoms with Gasteiger partial charge in [-0.05, 0) is 12.5 Å². The molecule has 2 heterocycles. The number of rotatable bonds is 7. The minimum atomic E-state index is 0. The Balaban J connectivity index is 0.00000261. The van der Waals surface area contributed by atoms with Gasteiger partial charge in [0.05, 0.1) is 12.6 Å². The summed E-state index contributed by atoms with van der Waals surface area (Å²) in [6.45, 7) is 7.32. The number of guanidine groups is 1. The summed E-state index contributed by atoms with van der Waals surface area (Å²) < 4.78 is 7.83. The van der Waals surface area contributed by atoms with Crippen LogP contribution in [0.25, 0.3) is 0 Å². The number of hydrogen-bond acceptors (Lipinski definition) is 4. The maximum absolute atomic E-state index is 5.75. The van der Waals surface area contributed by atoms with Crippen molar-refractivity contribution < 1.29 is 4.74 Å². The molecule has 0 radical (unpaired) electrons. The van der Waals surface area contributed by atoms with E-state index in [1.165, 1.54) is 5.56 Å². The van der Waals surface area contributed by atoms with Gasteiger partial charge in [0.2, 0.25) is 0 Å². The number of benzene rings is 1. The number of halogens is 1. The SMILES string of the molecule is CCCN=C(NCCn1cnnc1CC)NC1CCOc2ccccc21.I. The average molecular weight is 484 g/mol. The normalized spacial score (nSPS) is 16.1. The Labute approximate surface area is 178 Å². The fourth-order valence-corrected chi connectivity index (χ4v) is 3.07. The average Bonchev–Trinajstić information content (AvgIpc) is 3.13. The van der Waals surface area contributed by atoms with Crippen LogP contribution in [-0.4, -0.2) is 40.4 Å². The number of aliphatic imine (C=N–C) groups is 1. The van der Waals surface area contributed by atoms with Crippen molar-refractivity contribution >= 4 is 29.9 Å². The molecule has 0 fully saturated rings. The predicted octanol–water partition coefficient (Wildman–Crippen LogP) is 2.93. The Hall–Kier alpha value is -1.84. The van der Waals surface area contributed by atoms with Crippen LogP contribution in [0.4, 0.5) is 0 Å². The summed E-state index contributed by atoms with van der Waals surface area (Å²) in [4.78, 5) is 4.68. The maximum Gasteiger partial charge on any atom is 0.191 e. The Morgan fingerprint density at radius 3 is 3.00 bits per heavy atom. The van der Waals surface area contributed by atoms with Crippen LogP contribution >= 0.6 is 24.0 Å². The minimum absolute atomic E-state index is 0. The summed E-state index contributed by atoms with van der Waals surface area (Å²) in [7, 11) is 0. The van der Waals surface area contributed by atoms with Gasteiger partial charge in [0.15, 0.2) is 5.96 Å². The number of aryl methyl sites for hydroxylation is 1.